The zero-order valence-corrected chi connectivity index (χ0v) is 12.1. The summed E-state index contributed by atoms with van der Waals surface area (Å²) in [6.45, 7) is 2.23. The molecule has 0 aromatic heterocycles. The molecule has 0 radical (unpaired) electrons. The molecule has 0 heterocycles. The number of rotatable bonds is 6. The second kappa shape index (κ2) is 7.21. The second-order valence-electron chi connectivity index (χ2n) is 4.77. The lowest BCUT2D eigenvalue weighted by atomic mass is 10.2. The molecule has 0 saturated carbocycles. The highest BCUT2D eigenvalue weighted by Gasteiger charge is 2.06. The van der Waals surface area contributed by atoms with Gasteiger partial charge in [-0.15, -0.1) is 0 Å². The van der Waals surface area contributed by atoms with E-state index >= 15 is 0 Å². The van der Waals surface area contributed by atoms with Crippen LogP contribution in [0.4, 0.5) is 11.4 Å². The van der Waals surface area contributed by atoms with Crippen LogP contribution in [0, 0.1) is 17.0 Å². The van der Waals surface area contributed by atoms with Crippen LogP contribution >= 0.6 is 0 Å². The quantitative estimate of drug-likeness (QED) is 0.655. The van der Waals surface area contributed by atoms with E-state index in [0.717, 1.165) is 11.3 Å². The number of amides is 1. The number of carbonyl (C=O) groups excluding carboxylic acids is 1. The van der Waals surface area contributed by atoms with Crippen molar-refractivity contribution in [2.75, 3.05) is 11.9 Å². The summed E-state index contributed by atoms with van der Waals surface area (Å²) in [5, 5.41) is 13.2. The second-order valence-corrected chi connectivity index (χ2v) is 4.77. The highest BCUT2D eigenvalue weighted by Crippen LogP contribution is 2.16. The Kier molecular flexibility index (Phi) is 5.08. The van der Waals surface area contributed by atoms with E-state index in [2.05, 4.69) is 5.32 Å². The fourth-order valence-electron chi connectivity index (χ4n) is 1.86. The van der Waals surface area contributed by atoms with Crippen LogP contribution in [0.3, 0.4) is 0 Å². The van der Waals surface area contributed by atoms with Crippen molar-refractivity contribution < 1.29 is 14.5 Å². The molecule has 114 valence electrons. The molecule has 0 atom stereocenters. The maximum Gasteiger partial charge on any atom is 0.269 e. The maximum absolute atomic E-state index is 11.8. The molecule has 6 heteroatoms. The number of carbonyl (C=O) groups is 1. The number of hydrogen-bond donors (Lipinski definition) is 1. The van der Waals surface area contributed by atoms with Gasteiger partial charge >= 0.3 is 0 Å². The summed E-state index contributed by atoms with van der Waals surface area (Å²) >= 11 is 0. The first kappa shape index (κ1) is 15.5. The molecule has 0 fully saturated rings. The summed E-state index contributed by atoms with van der Waals surface area (Å²) in [4.78, 5) is 21.8. The average Bonchev–Trinajstić information content (AvgIpc) is 2.48. The van der Waals surface area contributed by atoms with Gasteiger partial charge in [0.1, 0.15) is 5.75 Å². The van der Waals surface area contributed by atoms with Crippen molar-refractivity contribution in [3.8, 4) is 5.75 Å². The van der Waals surface area contributed by atoms with Crippen LogP contribution in [-0.2, 0) is 4.79 Å². The molecule has 0 bridgehead atoms. The Labute approximate surface area is 127 Å². The Balaban J connectivity index is 1.79. The molecule has 0 aliphatic heterocycles. The van der Waals surface area contributed by atoms with Gasteiger partial charge in [-0.05, 0) is 36.8 Å². The van der Waals surface area contributed by atoms with Gasteiger partial charge in [0.15, 0.2) is 0 Å². The molecule has 1 N–H and O–H groups in total. The van der Waals surface area contributed by atoms with Crippen LogP contribution in [0.1, 0.15) is 12.0 Å². The average molecular weight is 300 g/mol. The largest absolute Gasteiger partial charge is 0.493 e. The van der Waals surface area contributed by atoms with Crippen LogP contribution < -0.4 is 10.1 Å². The van der Waals surface area contributed by atoms with Crippen LogP contribution in [0.15, 0.2) is 48.5 Å². The van der Waals surface area contributed by atoms with Gasteiger partial charge in [0.2, 0.25) is 5.91 Å². The lowest BCUT2D eigenvalue weighted by Crippen LogP contribution is -2.15. The first-order valence-corrected chi connectivity index (χ1v) is 6.78. The molecule has 22 heavy (non-hydrogen) atoms. The van der Waals surface area contributed by atoms with Crippen molar-refractivity contribution in [1.29, 1.82) is 0 Å². The van der Waals surface area contributed by atoms with Gasteiger partial charge in [-0.1, -0.05) is 12.1 Å². The number of benzene rings is 2. The van der Waals surface area contributed by atoms with Crippen LogP contribution in [0.5, 0.6) is 5.75 Å². The number of anilines is 1. The summed E-state index contributed by atoms with van der Waals surface area (Å²) in [5.41, 5.74) is 1.60. The molecule has 0 saturated heterocycles. The SMILES string of the molecule is Cc1cccc(OCCC(=O)Nc2ccc([N+](=O)[O-])cc2)c1. The van der Waals surface area contributed by atoms with E-state index in [1.807, 2.05) is 31.2 Å². The van der Waals surface area contributed by atoms with Crippen LogP contribution in [-0.4, -0.2) is 17.4 Å². The van der Waals surface area contributed by atoms with E-state index in [4.69, 9.17) is 4.74 Å². The molecule has 0 unspecified atom stereocenters. The number of hydrogen-bond acceptors (Lipinski definition) is 4. The number of nitro benzene ring substituents is 1. The first-order chi connectivity index (χ1) is 10.5. The third-order valence-electron chi connectivity index (χ3n) is 2.95. The van der Waals surface area contributed by atoms with E-state index in [1.54, 1.807) is 0 Å². The highest BCUT2D eigenvalue weighted by atomic mass is 16.6. The van der Waals surface area contributed by atoms with Crippen molar-refractivity contribution in [2.45, 2.75) is 13.3 Å². The minimum Gasteiger partial charge on any atom is -0.493 e. The predicted molar refractivity (Wildman–Crippen MR) is 83.0 cm³/mol. The fraction of sp³-hybridized carbons (Fsp3) is 0.188. The summed E-state index contributed by atoms with van der Waals surface area (Å²) < 4.78 is 5.50. The Morgan fingerprint density at radius 1 is 1.23 bits per heavy atom. The Hall–Kier alpha value is -2.89. The molecule has 2 rings (SSSR count). The van der Waals surface area contributed by atoms with Gasteiger partial charge in [0.05, 0.1) is 18.0 Å². The molecular formula is C16H16N2O4. The van der Waals surface area contributed by atoms with Gasteiger partial charge in [-0.3, -0.25) is 14.9 Å². The van der Waals surface area contributed by atoms with Crippen molar-refractivity contribution in [3.05, 3.63) is 64.2 Å². The van der Waals surface area contributed by atoms with Gasteiger partial charge < -0.3 is 10.1 Å². The molecule has 0 aliphatic rings. The van der Waals surface area contributed by atoms with Crippen LogP contribution in [0.2, 0.25) is 0 Å². The van der Waals surface area contributed by atoms with Gasteiger partial charge in [0.25, 0.3) is 5.69 Å². The molecule has 2 aromatic rings. The maximum atomic E-state index is 11.8. The third kappa shape index (κ3) is 4.59. The molecular weight excluding hydrogens is 284 g/mol. The Morgan fingerprint density at radius 3 is 2.59 bits per heavy atom. The van der Waals surface area contributed by atoms with E-state index < -0.39 is 4.92 Å². The topological polar surface area (TPSA) is 81.5 Å². The van der Waals surface area contributed by atoms with Gasteiger partial charge in [-0.2, -0.15) is 0 Å². The number of nitrogens with zero attached hydrogens (tertiary/aromatic N) is 1. The summed E-state index contributed by atoms with van der Waals surface area (Å²) in [6.07, 6.45) is 0.199. The van der Waals surface area contributed by atoms with Gasteiger partial charge in [-0.25, -0.2) is 0 Å². The third-order valence-corrected chi connectivity index (χ3v) is 2.95. The normalized spacial score (nSPS) is 10.0. The lowest BCUT2D eigenvalue weighted by molar-refractivity contribution is -0.384. The molecule has 0 aliphatic carbocycles. The smallest absolute Gasteiger partial charge is 0.269 e. The van der Waals surface area contributed by atoms with Crippen LogP contribution in [0.25, 0.3) is 0 Å². The first-order valence-electron chi connectivity index (χ1n) is 6.78. The zero-order valence-electron chi connectivity index (χ0n) is 12.1. The Bertz CT molecular complexity index is 668. The summed E-state index contributed by atoms with van der Waals surface area (Å²) in [7, 11) is 0. The lowest BCUT2D eigenvalue weighted by Gasteiger charge is -2.07. The molecule has 1 amide bonds. The molecule has 6 nitrogen and oxygen atoms in total. The van der Waals surface area contributed by atoms with E-state index in [9.17, 15) is 14.9 Å². The van der Waals surface area contributed by atoms with Crippen molar-refractivity contribution in [2.24, 2.45) is 0 Å². The van der Waals surface area contributed by atoms with E-state index in [1.165, 1.54) is 24.3 Å². The standard InChI is InChI=1S/C16H16N2O4/c1-12-3-2-4-15(11-12)22-10-9-16(19)17-13-5-7-14(8-6-13)18(20)21/h2-8,11H,9-10H2,1H3,(H,17,19). The fourth-order valence-corrected chi connectivity index (χ4v) is 1.86. The number of nitro groups is 1. The Morgan fingerprint density at radius 2 is 1.95 bits per heavy atom. The number of aryl methyl sites for hydroxylation is 1. The number of non-ortho nitro benzene ring substituents is 1. The van der Waals surface area contributed by atoms with Crippen molar-refractivity contribution in [1.82, 2.24) is 0 Å². The monoisotopic (exact) mass is 300 g/mol. The number of ether oxygens (including phenoxy) is 1. The zero-order chi connectivity index (χ0) is 15.9. The molecule has 0 spiro atoms. The van der Waals surface area contributed by atoms with Crippen molar-refractivity contribution >= 4 is 17.3 Å². The minimum atomic E-state index is -0.485. The predicted octanol–water partition coefficient (Wildman–Crippen LogP) is 3.31. The number of nitrogens with one attached hydrogen (secondary N) is 1. The minimum absolute atomic E-state index is 0.0132. The van der Waals surface area contributed by atoms with Crippen molar-refractivity contribution in [3.63, 3.8) is 0 Å². The van der Waals surface area contributed by atoms with Gasteiger partial charge in [0, 0.05) is 17.8 Å². The molecule has 2 aromatic carbocycles. The summed E-state index contributed by atoms with van der Waals surface area (Å²) in [5.74, 6) is 0.518. The van der Waals surface area contributed by atoms with E-state index in [0.29, 0.717) is 5.69 Å². The summed E-state index contributed by atoms with van der Waals surface area (Å²) in [6, 6.07) is 13.3. The van der Waals surface area contributed by atoms with E-state index in [-0.39, 0.29) is 24.6 Å². The highest BCUT2D eigenvalue weighted by molar-refractivity contribution is 5.90.